The number of benzene rings is 1. The second-order valence-electron chi connectivity index (χ2n) is 4.85. The Morgan fingerprint density at radius 2 is 2.05 bits per heavy atom. The molecule has 5 nitrogen and oxygen atoms in total. The molecule has 0 spiro atoms. The summed E-state index contributed by atoms with van der Waals surface area (Å²) in [6, 6.07) is 7.19. The number of rotatable bonds is 4. The minimum Gasteiger partial charge on any atom is -0.383 e. The normalized spacial score (nSPS) is 16.3. The maximum atomic E-state index is 12.1. The molecule has 1 fully saturated rings. The number of nitrogens with two attached hydrogens (primary N) is 1. The monoisotopic (exact) mass is 333 g/mol. The van der Waals surface area contributed by atoms with Gasteiger partial charge in [-0.05, 0) is 18.2 Å². The van der Waals surface area contributed by atoms with Gasteiger partial charge in [0.05, 0.1) is 6.61 Å². The Morgan fingerprint density at radius 1 is 1.38 bits per heavy atom. The van der Waals surface area contributed by atoms with Crippen molar-refractivity contribution in [1.82, 2.24) is 4.90 Å². The van der Waals surface area contributed by atoms with Gasteiger partial charge in [-0.2, -0.15) is 0 Å². The first-order valence-corrected chi connectivity index (χ1v) is 7.03. The van der Waals surface area contributed by atoms with Gasteiger partial charge in [-0.1, -0.05) is 17.7 Å². The molecular formula is C14H21Cl2N3O2. The van der Waals surface area contributed by atoms with Crippen molar-refractivity contribution in [3.05, 3.63) is 29.3 Å². The number of ether oxygens (including phenoxy) is 1. The molecule has 0 saturated carbocycles. The van der Waals surface area contributed by atoms with Gasteiger partial charge in [0.1, 0.15) is 6.04 Å². The third-order valence-corrected chi connectivity index (χ3v) is 3.66. The van der Waals surface area contributed by atoms with E-state index in [1.54, 1.807) is 12.0 Å². The summed E-state index contributed by atoms with van der Waals surface area (Å²) in [6.07, 6.45) is 0. The molecule has 0 bridgehead atoms. The number of hydrogen-bond acceptors (Lipinski definition) is 4. The van der Waals surface area contributed by atoms with Crippen molar-refractivity contribution in [2.24, 2.45) is 5.73 Å². The summed E-state index contributed by atoms with van der Waals surface area (Å²) in [6.45, 7) is 3.16. The van der Waals surface area contributed by atoms with E-state index in [2.05, 4.69) is 4.90 Å². The topological polar surface area (TPSA) is 58.8 Å². The molecule has 0 aliphatic carbocycles. The van der Waals surface area contributed by atoms with Crippen molar-refractivity contribution in [2.45, 2.75) is 6.04 Å². The largest absolute Gasteiger partial charge is 0.383 e. The Labute approximate surface area is 136 Å². The average molecular weight is 334 g/mol. The van der Waals surface area contributed by atoms with Crippen molar-refractivity contribution >= 4 is 35.6 Å². The minimum absolute atomic E-state index is 0. The second-order valence-corrected chi connectivity index (χ2v) is 5.29. The first-order chi connectivity index (χ1) is 9.61. The summed E-state index contributed by atoms with van der Waals surface area (Å²) in [5.41, 5.74) is 6.87. The zero-order valence-corrected chi connectivity index (χ0v) is 13.6. The molecule has 1 atom stereocenters. The molecule has 21 heavy (non-hydrogen) atoms. The smallest absolute Gasteiger partial charge is 0.241 e. The maximum Gasteiger partial charge on any atom is 0.241 e. The summed E-state index contributed by atoms with van der Waals surface area (Å²) in [5.74, 6) is -0.0439. The van der Waals surface area contributed by atoms with Crippen LogP contribution in [-0.4, -0.2) is 56.7 Å². The lowest BCUT2D eigenvalue weighted by Crippen LogP contribution is -2.54. The van der Waals surface area contributed by atoms with Crippen LogP contribution in [0.2, 0.25) is 5.02 Å². The zero-order chi connectivity index (χ0) is 14.5. The minimum atomic E-state index is -0.572. The van der Waals surface area contributed by atoms with Crippen molar-refractivity contribution in [3.8, 4) is 0 Å². The number of amides is 1. The van der Waals surface area contributed by atoms with Crippen molar-refractivity contribution < 1.29 is 9.53 Å². The molecule has 0 radical (unpaired) electrons. The van der Waals surface area contributed by atoms with Gasteiger partial charge >= 0.3 is 0 Å². The molecule has 7 heteroatoms. The zero-order valence-electron chi connectivity index (χ0n) is 12.0. The lowest BCUT2D eigenvalue weighted by molar-refractivity contribution is -0.134. The van der Waals surface area contributed by atoms with Crippen LogP contribution in [0.25, 0.3) is 0 Å². The van der Waals surface area contributed by atoms with E-state index < -0.39 is 6.04 Å². The van der Waals surface area contributed by atoms with E-state index in [0.717, 1.165) is 23.8 Å². The summed E-state index contributed by atoms with van der Waals surface area (Å²) < 4.78 is 4.92. The quantitative estimate of drug-likeness (QED) is 0.904. The van der Waals surface area contributed by atoms with Crippen molar-refractivity contribution in [3.63, 3.8) is 0 Å². The highest BCUT2D eigenvalue weighted by Gasteiger charge is 2.25. The fourth-order valence-electron chi connectivity index (χ4n) is 2.34. The Morgan fingerprint density at radius 3 is 2.62 bits per heavy atom. The van der Waals surface area contributed by atoms with Crippen LogP contribution < -0.4 is 10.6 Å². The number of carbonyl (C=O) groups is 1. The number of piperazine rings is 1. The first-order valence-electron chi connectivity index (χ1n) is 6.65. The lowest BCUT2D eigenvalue weighted by Gasteiger charge is -2.37. The van der Waals surface area contributed by atoms with E-state index in [-0.39, 0.29) is 24.9 Å². The summed E-state index contributed by atoms with van der Waals surface area (Å²) in [4.78, 5) is 16.1. The second kappa shape index (κ2) is 8.44. The number of nitrogens with zero attached hydrogens (tertiary/aromatic N) is 2. The van der Waals surface area contributed by atoms with Crippen LogP contribution in [0, 0.1) is 0 Å². The van der Waals surface area contributed by atoms with Gasteiger partial charge in [0.15, 0.2) is 0 Å². The van der Waals surface area contributed by atoms with Crippen LogP contribution >= 0.6 is 24.0 Å². The van der Waals surface area contributed by atoms with Gasteiger partial charge in [0.25, 0.3) is 0 Å². The molecule has 1 heterocycles. The highest BCUT2D eigenvalue weighted by Crippen LogP contribution is 2.20. The van der Waals surface area contributed by atoms with Crippen molar-refractivity contribution in [1.29, 1.82) is 0 Å². The van der Waals surface area contributed by atoms with Gasteiger partial charge in [0, 0.05) is 44.0 Å². The molecule has 1 aliphatic rings. The lowest BCUT2D eigenvalue weighted by atomic mass is 10.2. The summed E-state index contributed by atoms with van der Waals surface area (Å²) in [7, 11) is 1.55. The highest BCUT2D eigenvalue weighted by molar-refractivity contribution is 6.30. The van der Waals surface area contributed by atoms with Crippen LogP contribution in [0.15, 0.2) is 24.3 Å². The first kappa shape index (κ1) is 18.0. The highest BCUT2D eigenvalue weighted by atomic mass is 35.5. The van der Waals surface area contributed by atoms with E-state index in [0.29, 0.717) is 13.1 Å². The Balaban J connectivity index is 0.00000220. The van der Waals surface area contributed by atoms with Crippen LogP contribution in [0.4, 0.5) is 5.69 Å². The fourth-order valence-corrected chi connectivity index (χ4v) is 2.53. The van der Waals surface area contributed by atoms with Gasteiger partial charge in [-0.25, -0.2) is 0 Å². The molecule has 1 amide bonds. The number of carbonyl (C=O) groups excluding carboxylic acids is 1. The maximum absolute atomic E-state index is 12.1. The van der Waals surface area contributed by atoms with Gasteiger partial charge in [0.2, 0.25) is 5.91 Å². The van der Waals surface area contributed by atoms with E-state index in [9.17, 15) is 4.79 Å². The van der Waals surface area contributed by atoms with Crippen LogP contribution in [0.5, 0.6) is 0 Å². The molecule has 1 unspecified atom stereocenters. The number of anilines is 1. The molecular weight excluding hydrogens is 313 g/mol. The molecule has 1 aliphatic heterocycles. The van der Waals surface area contributed by atoms with Crippen LogP contribution in [0.3, 0.4) is 0 Å². The predicted octanol–water partition coefficient (Wildman–Crippen LogP) is 1.38. The molecule has 0 aromatic heterocycles. The van der Waals surface area contributed by atoms with E-state index >= 15 is 0 Å². The number of methoxy groups -OCH3 is 1. The van der Waals surface area contributed by atoms with Crippen LogP contribution in [-0.2, 0) is 9.53 Å². The summed E-state index contributed by atoms with van der Waals surface area (Å²) in [5, 5.41) is 0.725. The standard InChI is InChI=1S/C14H20ClN3O2.ClH/c1-20-10-13(16)14(19)18-7-5-17(6-8-18)12-4-2-3-11(15)9-12;/h2-4,9,13H,5-8,10,16H2,1H3;1H. The Hall–Kier alpha value is -1.01. The number of halogens is 2. The molecule has 1 aromatic rings. The average Bonchev–Trinajstić information content (AvgIpc) is 2.47. The van der Waals surface area contributed by atoms with Crippen LogP contribution in [0.1, 0.15) is 0 Å². The van der Waals surface area contributed by atoms with Gasteiger partial charge < -0.3 is 20.3 Å². The molecule has 1 saturated heterocycles. The molecule has 1 aromatic carbocycles. The third-order valence-electron chi connectivity index (χ3n) is 3.43. The molecule has 2 N–H and O–H groups in total. The molecule has 118 valence electrons. The summed E-state index contributed by atoms with van der Waals surface area (Å²) >= 11 is 6.00. The van der Waals surface area contributed by atoms with E-state index in [4.69, 9.17) is 22.1 Å². The van der Waals surface area contributed by atoms with E-state index in [1.807, 2.05) is 24.3 Å². The fraction of sp³-hybridized carbons (Fsp3) is 0.500. The van der Waals surface area contributed by atoms with Gasteiger partial charge in [-0.3, -0.25) is 4.79 Å². The Kier molecular flexibility index (Phi) is 7.25. The predicted molar refractivity (Wildman–Crippen MR) is 87.3 cm³/mol. The SMILES string of the molecule is COCC(N)C(=O)N1CCN(c2cccc(Cl)c2)CC1.Cl. The number of hydrogen-bond donors (Lipinski definition) is 1. The van der Waals surface area contributed by atoms with E-state index in [1.165, 1.54) is 0 Å². The third kappa shape index (κ3) is 4.74. The van der Waals surface area contributed by atoms with Crippen molar-refractivity contribution in [2.75, 3.05) is 44.8 Å². The Bertz CT molecular complexity index is 465. The molecule has 2 rings (SSSR count). The van der Waals surface area contributed by atoms with Gasteiger partial charge in [-0.15, -0.1) is 12.4 Å².